The second kappa shape index (κ2) is 5.55. The molecule has 0 amide bonds. The Morgan fingerprint density at radius 2 is 1.88 bits per heavy atom. The van der Waals surface area contributed by atoms with E-state index in [0.717, 1.165) is 13.1 Å². The van der Waals surface area contributed by atoms with E-state index in [1.165, 1.54) is 19.3 Å². The van der Waals surface area contributed by atoms with Gasteiger partial charge in [0, 0.05) is 13.1 Å². The fraction of sp³-hybridized carbons (Fsp3) is 0.923. The smallest absolute Gasteiger partial charge is 0.119 e. The minimum absolute atomic E-state index is 0.334. The molecule has 94 valence electrons. The summed E-state index contributed by atoms with van der Waals surface area (Å²) < 4.78 is 0. The molecule has 0 saturated heterocycles. The molecule has 1 unspecified atom stereocenters. The molecule has 1 aliphatic rings. The van der Waals surface area contributed by atoms with Crippen LogP contribution in [0.3, 0.4) is 0 Å². The number of hydrogen-bond donors (Lipinski definition) is 0. The van der Waals surface area contributed by atoms with Crippen molar-refractivity contribution in [1.82, 2.24) is 9.91 Å². The molecule has 0 bridgehead atoms. The first kappa shape index (κ1) is 13.3. The Bertz CT molecular complexity index is 230. The largest absolute Gasteiger partial charge is 0.339 e. The Morgan fingerprint density at radius 3 is 2.38 bits per heavy atom. The molecule has 1 atom stereocenters. The van der Waals surface area contributed by atoms with Crippen molar-refractivity contribution in [3.05, 3.63) is 0 Å². The maximum atomic E-state index is 4.53. The zero-order valence-electron chi connectivity index (χ0n) is 11.5. The first-order valence-corrected chi connectivity index (χ1v) is 6.54. The SMILES string of the molecule is CCCC1N(CC(C)(C)C)C=NN1CCC. The van der Waals surface area contributed by atoms with Crippen LogP contribution in [0.2, 0.25) is 0 Å². The third-order valence-electron chi connectivity index (χ3n) is 2.73. The Labute approximate surface area is 100 Å². The summed E-state index contributed by atoms with van der Waals surface area (Å²) in [6.45, 7) is 13.5. The molecule has 0 N–H and O–H groups in total. The standard InChI is InChI=1S/C13H27N3/c1-6-8-12-15(10-13(3,4)5)11-14-16(12)9-7-2/h11-12H,6-10H2,1-5H3. The molecule has 3 heteroatoms. The molecular formula is C13H27N3. The molecule has 3 nitrogen and oxygen atoms in total. The summed E-state index contributed by atoms with van der Waals surface area (Å²) >= 11 is 0. The molecule has 0 aromatic rings. The van der Waals surface area contributed by atoms with Crippen LogP contribution in [0.25, 0.3) is 0 Å². The summed E-state index contributed by atoms with van der Waals surface area (Å²) in [5.41, 5.74) is 0.334. The first-order chi connectivity index (χ1) is 7.48. The van der Waals surface area contributed by atoms with Crippen molar-refractivity contribution in [3.63, 3.8) is 0 Å². The van der Waals surface area contributed by atoms with Crippen molar-refractivity contribution < 1.29 is 0 Å². The molecule has 0 saturated carbocycles. The highest BCUT2D eigenvalue weighted by Crippen LogP contribution is 2.23. The van der Waals surface area contributed by atoms with Gasteiger partial charge in [-0.15, -0.1) is 0 Å². The van der Waals surface area contributed by atoms with E-state index in [1.807, 2.05) is 6.34 Å². The lowest BCUT2D eigenvalue weighted by Crippen LogP contribution is -2.43. The Balaban J connectivity index is 2.60. The maximum absolute atomic E-state index is 4.53. The molecule has 0 aliphatic carbocycles. The van der Waals surface area contributed by atoms with E-state index in [4.69, 9.17) is 0 Å². The zero-order chi connectivity index (χ0) is 12.2. The van der Waals surface area contributed by atoms with Crippen molar-refractivity contribution in [1.29, 1.82) is 0 Å². The maximum Gasteiger partial charge on any atom is 0.119 e. The molecular weight excluding hydrogens is 198 g/mol. The predicted octanol–water partition coefficient (Wildman–Crippen LogP) is 3.13. The van der Waals surface area contributed by atoms with E-state index < -0.39 is 0 Å². The van der Waals surface area contributed by atoms with Gasteiger partial charge in [-0.25, -0.2) is 0 Å². The fourth-order valence-electron chi connectivity index (χ4n) is 2.16. The van der Waals surface area contributed by atoms with Crippen LogP contribution < -0.4 is 0 Å². The highest BCUT2D eigenvalue weighted by Gasteiger charge is 2.29. The van der Waals surface area contributed by atoms with Crippen LogP contribution in [-0.4, -0.2) is 35.5 Å². The van der Waals surface area contributed by atoms with E-state index in [9.17, 15) is 0 Å². The summed E-state index contributed by atoms with van der Waals surface area (Å²) in [5, 5.41) is 6.77. The fourth-order valence-corrected chi connectivity index (χ4v) is 2.16. The van der Waals surface area contributed by atoms with Gasteiger partial charge in [0.2, 0.25) is 0 Å². The number of hydrogen-bond acceptors (Lipinski definition) is 3. The topological polar surface area (TPSA) is 18.8 Å². The molecule has 0 aromatic heterocycles. The minimum atomic E-state index is 0.334. The van der Waals surface area contributed by atoms with Gasteiger partial charge in [0.25, 0.3) is 0 Å². The van der Waals surface area contributed by atoms with Crippen LogP contribution in [0.1, 0.15) is 53.9 Å². The van der Waals surface area contributed by atoms with Gasteiger partial charge in [-0.1, -0.05) is 41.0 Å². The van der Waals surface area contributed by atoms with Crippen molar-refractivity contribution in [2.75, 3.05) is 13.1 Å². The Kier molecular flexibility index (Phi) is 4.63. The molecule has 16 heavy (non-hydrogen) atoms. The van der Waals surface area contributed by atoms with Gasteiger partial charge in [-0.3, -0.25) is 5.01 Å². The van der Waals surface area contributed by atoms with E-state index in [1.54, 1.807) is 0 Å². The lowest BCUT2D eigenvalue weighted by molar-refractivity contribution is 0.0994. The summed E-state index contributed by atoms with van der Waals surface area (Å²) in [5.74, 6) is 0. The van der Waals surface area contributed by atoms with Gasteiger partial charge in [-0.2, -0.15) is 5.10 Å². The molecule has 1 heterocycles. The molecule has 1 aliphatic heterocycles. The second-order valence-corrected chi connectivity index (χ2v) is 5.90. The van der Waals surface area contributed by atoms with Crippen LogP contribution >= 0.6 is 0 Å². The third-order valence-corrected chi connectivity index (χ3v) is 2.73. The quantitative estimate of drug-likeness (QED) is 0.716. The van der Waals surface area contributed by atoms with E-state index in [-0.39, 0.29) is 0 Å². The highest BCUT2D eigenvalue weighted by molar-refractivity contribution is 5.57. The average molecular weight is 225 g/mol. The summed E-state index contributed by atoms with van der Waals surface area (Å²) in [7, 11) is 0. The van der Waals surface area contributed by atoms with Crippen LogP contribution in [0.4, 0.5) is 0 Å². The number of hydrazone groups is 1. The van der Waals surface area contributed by atoms with Crippen molar-refractivity contribution in [2.45, 2.75) is 60.0 Å². The van der Waals surface area contributed by atoms with Crippen molar-refractivity contribution >= 4 is 6.34 Å². The van der Waals surface area contributed by atoms with Crippen LogP contribution in [0.15, 0.2) is 5.10 Å². The van der Waals surface area contributed by atoms with Gasteiger partial charge in [0.05, 0.1) is 0 Å². The van der Waals surface area contributed by atoms with E-state index in [0.29, 0.717) is 11.6 Å². The van der Waals surface area contributed by atoms with Gasteiger partial charge in [-0.05, 0) is 18.3 Å². The van der Waals surface area contributed by atoms with Crippen LogP contribution in [0, 0.1) is 5.41 Å². The molecule has 0 spiro atoms. The van der Waals surface area contributed by atoms with Gasteiger partial charge in [0.1, 0.15) is 12.5 Å². The number of rotatable bonds is 5. The number of nitrogens with zero attached hydrogens (tertiary/aromatic N) is 3. The Hall–Kier alpha value is -0.730. The summed E-state index contributed by atoms with van der Waals surface area (Å²) in [6.07, 6.45) is 6.11. The summed E-state index contributed by atoms with van der Waals surface area (Å²) in [4.78, 5) is 2.40. The normalized spacial score (nSPS) is 20.9. The van der Waals surface area contributed by atoms with E-state index in [2.05, 4.69) is 49.6 Å². The zero-order valence-corrected chi connectivity index (χ0v) is 11.5. The predicted molar refractivity (Wildman–Crippen MR) is 70.3 cm³/mol. The second-order valence-electron chi connectivity index (χ2n) is 5.90. The minimum Gasteiger partial charge on any atom is -0.339 e. The highest BCUT2D eigenvalue weighted by atomic mass is 15.6. The third kappa shape index (κ3) is 3.69. The summed E-state index contributed by atoms with van der Waals surface area (Å²) in [6, 6.07) is 0. The van der Waals surface area contributed by atoms with Gasteiger partial charge >= 0.3 is 0 Å². The molecule has 1 rings (SSSR count). The van der Waals surface area contributed by atoms with Crippen LogP contribution in [-0.2, 0) is 0 Å². The molecule has 0 fully saturated rings. The molecule has 0 radical (unpaired) electrons. The molecule has 0 aromatic carbocycles. The monoisotopic (exact) mass is 225 g/mol. The average Bonchev–Trinajstić information content (AvgIpc) is 2.49. The lowest BCUT2D eigenvalue weighted by Gasteiger charge is -2.34. The lowest BCUT2D eigenvalue weighted by atomic mass is 9.96. The van der Waals surface area contributed by atoms with Gasteiger partial charge < -0.3 is 4.90 Å². The van der Waals surface area contributed by atoms with Crippen molar-refractivity contribution in [2.24, 2.45) is 10.5 Å². The van der Waals surface area contributed by atoms with Gasteiger partial charge in [0.15, 0.2) is 0 Å². The first-order valence-electron chi connectivity index (χ1n) is 6.54. The van der Waals surface area contributed by atoms with Crippen LogP contribution in [0.5, 0.6) is 0 Å². The Morgan fingerprint density at radius 1 is 1.19 bits per heavy atom. The van der Waals surface area contributed by atoms with E-state index >= 15 is 0 Å². The van der Waals surface area contributed by atoms with Crippen molar-refractivity contribution in [3.8, 4) is 0 Å².